The van der Waals surface area contributed by atoms with Crippen LogP contribution >= 0.6 is 15.9 Å². The first kappa shape index (κ1) is 16.1. The maximum Gasteiger partial charge on any atom is 0.134 e. The van der Waals surface area contributed by atoms with Gasteiger partial charge in [-0.3, -0.25) is 5.43 Å². The minimum atomic E-state index is -0.155. The summed E-state index contributed by atoms with van der Waals surface area (Å²) in [6.07, 6.45) is -0.141. The first-order valence-corrected chi connectivity index (χ1v) is 8.33. The summed E-state index contributed by atoms with van der Waals surface area (Å²) in [5, 5.41) is 10.3. The molecule has 1 fully saturated rings. The number of para-hydroxylation sites is 1. The molecule has 122 valence electrons. The van der Waals surface area contributed by atoms with Gasteiger partial charge in [0.15, 0.2) is 0 Å². The molecule has 2 unspecified atom stereocenters. The lowest BCUT2D eigenvalue weighted by molar-refractivity contribution is 0.194. The number of benzene rings is 2. The highest BCUT2D eigenvalue weighted by Gasteiger charge is 2.32. The van der Waals surface area contributed by atoms with Gasteiger partial charge in [0.2, 0.25) is 0 Å². The van der Waals surface area contributed by atoms with Crippen molar-refractivity contribution in [2.45, 2.75) is 19.1 Å². The van der Waals surface area contributed by atoms with E-state index < -0.39 is 0 Å². The van der Waals surface area contributed by atoms with Crippen molar-refractivity contribution in [1.29, 1.82) is 0 Å². The number of nitrogens with one attached hydrogen (secondary N) is 2. The van der Waals surface area contributed by atoms with E-state index in [-0.39, 0.29) is 17.9 Å². The number of aromatic hydroxyl groups is 1. The van der Waals surface area contributed by atoms with Crippen molar-refractivity contribution in [3.05, 3.63) is 52.5 Å². The summed E-state index contributed by atoms with van der Waals surface area (Å²) < 4.78 is 12.4. The molecule has 2 aromatic carbocycles. The summed E-state index contributed by atoms with van der Waals surface area (Å²) >= 11 is 3.49. The summed E-state index contributed by atoms with van der Waals surface area (Å²) in [6, 6.07) is 12.9. The fraction of sp³-hybridized carbons (Fsp3) is 0.294. The average Bonchev–Trinajstić information content (AvgIpc) is 2.98. The summed E-state index contributed by atoms with van der Waals surface area (Å²) in [7, 11) is 0. The van der Waals surface area contributed by atoms with E-state index in [1.54, 1.807) is 6.07 Å². The molecule has 0 saturated carbocycles. The van der Waals surface area contributed by atoms with Crippen molar-refractivity contribution in [3.8, 4) is 17.2 Å². The van der Waals surface area contributed by atoms with Gasteiger partial charge >= 0.3 is 0 Å². The van der Waals surface area contributed by atoms with Gasteiger partial charge in [-0.15, -0.1) is 0 Å². The molecule has 2 aromatic rings. The highest BCUT2D eigenvalue weighted by molar-refractivity contribution is 9.10. The van der Waals surface area contributed by atoms with Crippen LogP contribution in [0.15, 0.2) is 46.9 Å². The highest BCUT2D eigenvalue weighted by atomic mass is 79.9. The molecule has 0 radical (unpaired) electrons. The van der Waals surface area contributed by atoms with Crippen LogP contribution < -0.4 is 20.3 Å². The third-order valence-electron chi connectivity index (χ3n) is 3.70. The fourth-order valence-corrected chi connectivity index (χ4v) is 2.99. The third kappa shape index (κ3) is 3.60. The smallest absolute Gasteiger partial charge is 0.134 e. The van der Waals surface area contributed by atoms with Crippen molar-refractivity contribution < 1.29 is 14.6 Å². The Morgan fingerprint density at radius 2 is 2.09 bits per heavy atom. The zero-order chi connectivity index (χ0) is 16.2. The zero-order valence-corrected chi connectivity index (χ0v) is 14.3. The molecule has 23 heavy (non-hydrogen) atoms. The number of rotatable bonds is 5. The van der Waals surface area contributed by atoms with E-state index in [0.29, 0.717) is 18.9 Å². The number of hydrazine groups is 1. The van der Waals surface area contributed by atoms with Gasteiger partial charge in [-0.1, -0.05) is 12.1 Å². The lowest BCUT2D eigenvalue weighted by Crippen LogP contribution is -2.28. The fourth-order valence-electron chi connectivity index (χ4n) is 2.61. The predicted octanol–water partition coefficient (Wildman–Crippen LogP) is 3.15. The van der Waals surface area contributed by atoms with E-state index in [0.717, 1.165) is 15.8 Å². The molecule has 5 nitrogen and oxygen atoms in total. The molecule has 0 amide bonds. The molecule has 0 spiro atoms. The number of halogens is 1. The van der Waals surface area contributed by atoms with Crippen LogP contribution in [0.4, 0.5) is 0 Å². The molecule has 2 atom stereocenters. The Morgan fingerprint density at radius 3 is 2.83 bits per heavy atom. The van der Waals surface area contributed by atoms with Crippen LogP contribution in [0.2, 0.25) is 0 Å². The van der Waals surface area contributed by atoms with Crippen LogP contribution in [0, 0.1) is 0 Å². The number of hydrogen-bond donors (Lipinski definition) is 3. The van der Waals surface area contributed by atoms with Gasteiger partial charge < -0.3 is 14.6 Å². The molecular weight excluding hydrogens is 360 g/mol. The van der Waals surface area contributed by atoms with E-state index >= 15 is 0 Å². The normalized spacial score (nSPS) is 20.4. The Balaban J connectivity index is 1.80. The molecule has 0 aliphatic carbocycles. The zero-order valence-electron chi connectivity index (χ0n) is 12.8. The van der Waals surface area contributed by atoms with Crippen molar-refractivity contribution in [1.82, 2.24) is 10.9 Å². The largest absolute Gasteiger partial charge is 0.507 e. The molecule has 1 saturated heterocycles. The Morgan fingerprint density at radius 1 is 1.26 bits per heavy atom. The maximum absolute atomic E-state index is 10.3. The molecule has 1 heterocycles. The van der Waals surface area contributed by atoms with Crippen LogP contribution in [0.5, 0.6) is 17.2 Å². The van der Waals surface area contributed by atoms with E-state index in [1.165, 1.54) is 0 Å². The minimum Gasteiger partial charge on any atom is -0.507 e. The van der Waals surface area contributed by atoms with Gasteiger partial charge in [0.05, 0.1) is 17.1 Å². The maximum atomic E-state index is 10.3. The molecule has 1 aliphatic rings. The number of hydrogen-bond acceptors (Lipinski definition) is 5. The predicted molar refractivity (Wildman–Crippen MR) is 91.7 cm³/mol. The van der Waals surface area contributed by atoms with Gasteiger partial charge in [0, 0.05) is 18.2 Å². The highest BCUT2D eigenvalue weighted by Crippen LogP contribution is 2.34. The van der Waals surface area contributed by atoms with E-state index in [2.05, 4.69) is 26.8 Å². The van der Waals surface area contributed by atoms with Crippen molar-refractivity contribution in [2.75, 3.05) is 13.2 Å². The SMILES string of the molecule is CCOc1ccc(C2NNCC2Oc2ccccc2Br)c(O)c1. The minimum absolute atomic E-state index is 0.141. The summed E-state index contributed by atoms with van der Waals surface area (Å²) in [5.74, 6) is 1.62. The van der Waals surface area contributed by atoms with Crippen LogP contribution in [0.1, 0.15) is 18.5 Å². The topological polar surface area (TPSA) is 62.8 Å². The lowest BCUT2D eigenvalue weighted by atomic mass is 10.0. The summed E-state index contributed by atoms with van der Waals surface area (Å²) in [5.41, 5.74) is 7.03. The van der Waals surface area contributed by atoms with Gasteiger partial charge in [-0.25, -0.2) is 5.43 Å². The van der Waals surface area contributed by atoms with Gasteiger partial charge in [-0.05, 0) is 47.1 Å². The second kappa shape index (κ2) is 7.21. The van der Waals surface area contributed by atoms with Crippen molar-refractivity contribution >= 4 is 15.9 Å². The second-order valence-corrected chi connectivity index (χ2v) is 6.10. The molecule has 3 rings (SSSR count). The van der Waals surface area contributed by atoms with Crippen molar-refractivity contribution in [3.63, 3.8) is 0 Å². The van der Waals surface area contributed by atoms with Gasteiger partial charge in [0.25, 0.3) is 0 Å². The molecule has 0 bridgehead atoms. The summed E-state index contributed by atoms with van der Waals surface area (Å²) in [6.45, 7) is 3.11. The number of phenols is 1. The Hall–Kier alpha value is -1.76. The first-order chi connectivity index (χ1) is 11.2. The Kier molecular flexibility index (Phi) is 5.05. The number of ether oxygens (including phenoxy) is 2. The molecular formula is C17H19BrN2O3. The average molecular weight is 379 g/mol. The second-order valence-electron chi connectivity index (χ2n) is 5.24. The molecule has 3 N–H and O–H groups in total. The Bertz CT molecular complexity index is 681. The van der Waals surface area contributed by atoms with Crippen LogP contribution in [-0.4, -0.2) is 24.4 Å². The Labute approximate surface area is 143 Å². The number of phenolic OH excluding ortho intramolecular Hbond substituents is 1. The van der Waals surface area contributed by atoms with Gasteiger partial charge in [0.1, 0.15) is 23.4 Å². The lowest BCUT2D eigenvalue weighted by Gasteiger charge is -2.22. The quantitative estimate of drug-likeness (QED) is 0.745. The van der Waals surface area contributed by atoms with Crippen LogP contribution in [0.3, 0.4) is 0 Å². The molecule has 6 heteroatoms. The summed E-state index contributed by atoms with van der Waals surface area (Å²) in [4.78, 5) is 0. The molecule has 1 aliphatic heterocycles. The third-order valence-corrected chi connectivity index (χ3v) is 4.35. The standard InChI is InChI=1S/C17H19BrN2O3/c1-2-22-11-7-8-12(14(21)9-11)17-16(10-19-20-17)23-15-6-4-3-5-13(15)18/h3-9,16-17,19-21H,2,10H2,1H3. The van der Waals surface area contributed by atoms with E-state index in [1.807, 2.05) is 43.3 Å². The van der Waals surface area contributed by atoms with Crippen molar-refractivity contribution in [2.24, 2.45) is 0 Å². The molecule has 0 aromatic heterocycles. The van der Waals surface area contributed by atoms with E-state index in [9.17, 15) is 5.11 Å². The van der Waals surface area contributed by atoms with E-state index in [4.69, 9.17) is 9.47 Å². The van der Waals surface area contributed by atoms with Crippen LogP contribution in [-0.2, 0) is 0 Å². The first-order valence-electron chi connectivity index (χ1n) is 7.54. The van der Waals surface area contributed by atoms with Crippen LogP contribution in [0.25, 0.3) is 0 Å². The monoisotopic (exact) mass is 378 g/mol. The van der Waals surface area contributed by atoms with Gasteiger partial charge in [-0.2, -0.15) is 0 Å².